The van der Waals surface area contributed by atoms with Crippen molar-refractivity contribution >= 4 is 11.4 Å². The van der Waals surface area contributed by atoms with Crippen LogP contribution in [0, 0.1) is 17.0 Å². The molecule has 0 saturated heterocycles. The minimum atomic E-state index is -0.405. The Bertz CT molecular complexity index is 592. The molecule has 19 heavy (non-hydrogen) atoms. The Morgan fingerprint density at radius 3 is 2.68 bits per heavy atom. The lowest BCUT2D eigenvalue weighted by Gasteiger charge is -2.08. The number of aliphatic hydroxyl groups is 1. The van der Waals surface area contributed by atoms with Crippen molar-refractivity contribution in [3.8, 4) is 0 Å². The van der Waals surface area contributed by atoms with E-state index in [1.807, 2.05) is 0 Å². The van der Waals surface area contributed by atoms with Gasteiger partial charge in [-0.15, -0.1) is 0 Å². The van der Waals surface area contributed by atoms with Crippen molar-refractivity contribution in [3.63, 3.8) is 0 Å². The van der Waals surface area contributed by atoms with Gasteiger partial charge in [0.2, 0.25) is 0 Å². The minimum absolute atomic E-state index is 0.0838. The molecular formula is C13H14N2O4. The zero-order chi connectivity index (χ0) is 13.8. The zero-order valence-corrected chi connectivity index (χ0v) is 10.4. The molecule has 6 nitrogen and oxygen atoms in total. The molecule has 2 aromatic rings. The van der Waals surface area contributed by atoms with E-state index >= 15 is 0 Å². The standard InChI is InChI=1S/C13H14N2O4/c1-9-12(3-2-4-13(9)15(17)18)14-7-10-5-6-11(8-16)19-10/h2-6,14,16H,7-8H2,1H3. The van der Waals surface area contributed by atoms with Crippen LogP contribution in [0.3, 0.4) is 0 Å². The fraction of sp³-hybridized carbons (Fsp3) is 0.231. The van der Waals surface area contributed by atoms with Gasteiger partial charge in [0.05, 0.1) is 11.5 Å². The summed E-state index contributed by atoms with van der Waals surface area (Å²) >= 11 is 0. The molecule has 0 saturated carbocycles. The molecule has 2 rings (SSSR count). The summed E-state index contributed by atoms with van der Waals surface area (Å²) in [4.78, 5) is 10.4. The predicted octanol–water partition coefficient (Wildman–Crippen LogP) is 2.60. The minimum Gasteiger partial charge on any atom is -0.462 e. The number of benzene rings is 1. The fourth-order valence-corrected chi connectivity index (χ4v) is 1.80. The van der Waals surface area contributed by atoms with E-state index < -0.39 is 4.92 Å². The van der Waals surface area contributed by atoms with Crippen LogP contribution in [-0.4, -0.2) is 10.0 Å². The molecule has 0 fully saturated rings. The smallest absolute Gasteiger partial charge is 0.274 e. The molecule has 1 aromatic carbocycles. The molecule has 0 bridgehead atoms. The zero-order valence-electron chi connectivity index (χ0n) is 10.4. The molecule has 2 N–H and O–H groups in total. The van der Waals surface area contributed by atoms with E-state index in [1.165, 1.54) is 6.07 Å². The van der Waals surface area contributed by atoms with E-state index in [1.54, 1.807) is 31.2 Å². The van der Waals surface area contributed by atoms with E-state index in [-0.39, 0.29) is 12.3 Å². The van der Waals surface area contributed by atoms with Crippen LogP contribution >= 0.6 is 0 Å². The molecule has 0 aliphatic carbocycles. The van der Waals surface area contributed by atoms with Gasteiger partial charge in [-0.3, -0.25) is 10.1 Å². The third-order valence-electron chi connectivity index (χ3n) is 2.83. The topological polar surface area (TPSA) is 88.5 Å². The Balaban J connectivity index is 2.11. The maximum atomic E-state index is 10.8. The van der Waals surface area contributed by atoms with Gasteiger partial charge in [0.15, 0.2) is 0 Å². The Morgan fingerprint density at radius 2 is 2.05 bits per heavy atom. The van der Waals surface area contributed by atoms with Gasteiger partial charge in [0, 0.05) is 17.3 Å². The van der Waals surface area contributed by atoms with Gasteiger partial charge in [0.1, 0.15) is 18.1 Å². The lowest BCUT2D eigenvalue weighted by molar-refractivity contribution is -0.385. The second kappa shape index (κ2) is 5.53. The van der Waals surface area contributed by atoms with Crippen molar-refractivity contribution in [2.24, 2.45) is 0 Å². The van der Waals surface area contributed by atoms with Gasteiger partial charge in [-0.2, -0.15) is 0 Å². The van der Waals surface area contributed by atoms with Crippen LogP contribution in [-0.2, 0) is 13.2 Å². The second-order valence-electron chi connectivity index (χ2n) is 4.09. The summed E-state index contributed by atoms with van der Waals surface area (Å²) in [6.45, 7) is 1.96. The Hall–Kier alpha value is -2.34. The average molecular weight is 262 g/mol. The first-order valence-corrected chi connectivity index (χ1v) is 5.78. The first kappa shape index (κ1) is 13.1. The lowest BCUT2D eigenvalue weighted by atomic mass is 10.1. The lowest BCUT2D eigenvalue weighted by Crippen LogP contribution is -2.02. The molecule has 100 valence electrons. The van der Waals surface area contributed by atoms with Crippen molar-refractivity contribution in [3.05, 3.63) is 57.5 Å². The van der Waals surface area contributed by atoms with E-state index in [4.69, 9.17) is 9.52 Å². The number of hydrogen-bond donors (Lipinski definition) is 2. The third-order valence-corrected chi connectivity index (χ3v) is 2.83. The normalized spacial score (nSPS) is 10.4. The fourth-order valence-electron chi connectivity index (χ4n) is 1.80. The van der Waals surface area contributed by atoms with Crippen molar-refractivity contribution in [1.82, 2.24) is 0 Å². The van der Waals surface area contributed by atoms with Gasteiger partial charge >= 0.3 is 0 Å². The summed E-state index contributed by atoms with van der Waals surface area (Å²) in [7, 11) is 0. The SMILES string of the molecule is Cc1c(NCc2ccc(CO)o2)cccc1[N+](=O)[O-]. The van der Waals surface area contributed by atoms with Gasteiger partial charge in [0.25, 0.3) is 5.69 Å². The number of nitrogens with one attached hydrogen (secondary N) is 1. The van der Waals surface area contributed by atoms with Crippen LogP contribution in [0.15, 0.2) is 34.7 Å². The number of hydrogen-bond acceptors (Lipinski definition) is 5. The van der Waals surface area contributed by atoms with Gasteiger partial charge in [-0.05, 0) is 25.1 Å². The molecule has 0 atom stereocenters. The number of nitrogens with zero attached hydrogens (tertiary/aromatic N) is 1. The second-order valence-corrected chi connectivity index (χ2v) is 4.09. The number of furan rings is 1. The Kier molecular flexibility index (Phi) is 3.82. The molecule has 0 unspecified atom stereocenters. The Labute approximate surface area is 109 Å². The average Bonchev–Trinajstić information content (AvgIpc) is 2.85. The number of anilines is 1. The molecule has 1 heterocycles. The highest BCUT2D eigenvalue weighted by Crippen LogP contribution is 2.25. The first-order chi connectivity index (χ1) is 9.11. The predicted molar refractivity (Wildman–Crippen MR) is 69.8 cm³/mol. The third kappa shape index (κ3) is 2.92. The summed E-state index contributed by atoms with van der Waals surface area (Å²) in [5.41, 5.74) is 1.36. The van der Waals surface area contributed by atoms with Crippen LogP contribution < -0.4 is 5.32 Å². The Morgan fingerprint density at radius 1 is 1.32 bits per heavy atom. The summed E-state index contributed by atoms with van der Waals surface area (Å²) < 4.78 is 5.33. The van der Waals surface area contributed by atoms with Crippen molar-refractivity contribution in [2.45, 2.75) is 20.1 Å². The summed E-state index contributed by atoms with van der Waals surface area (Å²) in [5.74, 6) is 1.16. The van der Waals surface area contributed by atoms with E-state index in [9.17, 15) is 10.1 Å². The van der Waals surface area contributed by atoms with Crippen LogP contribution in [0.4, 0.5) is 11.4 Å². The quantitative estimate of drug-likeness (QED) is 0.638. The molecule has 0 radical (unpaired) electrons. The van der Waals surface area contributed by atoms with E-state index in [0.29, 0.717) is 29.3 Å². The highest BCUT2D eigenvalue weighted by Gasteiger charge is 2.13. The number of nitro benzene ring substituents is 1. The molecule has 0 amide bonds. The summed E-state index contributed by atoms with van der Waals surface area (Å²) in [6.07, 6.45) is 0. The molecule has 1 aromatic heterocycles. The highest BCUT2D eigenvalue weighted by atomic mass is 16.6. The molecular weight excluding hydrogens is 248 g/mol. The monoisotopic (exact) mass is 262 g/mol. The maximum Gasteiger partial charge on any atom is 0.274 e. The first-order valence-electron chi connectivity index (χ1n) is 5.78. The van der Waals surface area contributed by atoms with E-state index in [0.717, 1.165) is 0 Å². The number of nitro groups is 1. The number of rotatable bonds is 5. The molecule has 0 aliphatic heterocycles. The molecule has 0 aliphatic rings. The summed E-state index contributed by atoms with van der Waals surface area (Å²) in [5, 5.41) is 22.8. The van der Waals surface area contributed by atoms with Crippen molar-refractivity contribution in [1.29, 1.82) is 0 Å². The van der Waals surface area contributed by atoms with Crippen LogP contribution in [0.5, 0.6) is 0 Å². The molecule has 6 heteroatoms. The molecule has 0 spiro atoms. The maximum absolute atomic E-state index is 10.8. The van der Waals surface area contributed by atoms with Gasteiger partial charge < -0.3 is 14.8 Å². The van der Waals surface area contributed by atoms with E-state index in [2.05, 4.69) is 5.32 Å². The van der Waals surface area contributed by atoms with Crippen LogP contribution in [0.2, 0.25) is 0 Å². The van der Waals surface area contributed by atoms with Crippen molar-refractivity contribution < 1.29 is 14.4 Å². The number of aliphatic hydroxyl groups excluding tert-OH is 1. The largest absolute Gasteiger partial charge is 0.462 e. The highest BCUT2D eigenvalue weighted by molar-refractivity contribution is 5.59. The van der Waals surface area contributed by atoms with Gasteiger partial charge in [-0.25, -0.2) is 0 Å². The van der Waals surface area contributed by atoms with Crippen molar-refractivity contribution in [2.75, 3.05) is 5.32 Å². The van der Waals surface area contributed by atoms with Crippen LogP contribution in [0.1, 0.15) is 17.1 Å². The summed E-state index contributed by atoms with van der Waals surface area (Å²) in [6, 6.07) is 8.33. The van der Waals surface area contributed by atoms with Crippen LogP contribution in [0.25, 0.3) is 0 Å². The van der Waals surface area contributed by atoms with Gasteiger partial charge in [-0.1, -0.05) is 6.07 Å².